The third kappa shape index (κ3) is 2.16. The Morgan fingerprint density at radius 3 is 2.56 bits per heavy atom. The van der Waals surface area contributed by atoms with Gasteiger partial charge < -0.3 is 5.32 Å². The standard InChI is InChI=1S/C16H21NO/c1-11(18)17-16(13-5-3-2-4-6-13)15-10-12-7-8-14(15)9-12/h2-6,12,14-16H,7-10H2,1H3,(H,17,18). The van der Waals surface area contributed by atoms with Gasteiger partial charge in [-0.05, 0) is 42.6 Å². The van der Waals surface area contributed by atoms with Crippen molar-refractivity contribution in [3.63, 3.8) is 0 Å². The van der Waals surface area contributed by atoms with Crippen LogP contribution in [0.25, 0.3) is 0 Å². The third-order valence-electron chi connectivity index (χ3n) is 4.74. The zero-order chi connectivity index (χ0) is 12.5. The van der Waals surface area contributed by atoms with Crippen molar-refractivity contribution in [3.05, 3.63) is 35.9 Å². The second-order valence-corrected chi connectivity index (χ2v) is 5.93. The Labute approximate surface area is 109 Å². The van der Waals surface area contributed by atoms with Crippen LogP contribution in [0.3, 0.4) is 0 Å². The molecule has 2 nitrogen and oxygen atoms in total. The van der Waals surface area contributed by atoms with Crippen LogP contribution in [-0.4, -0.2) is 5.91 Å². The van der Waals surface area contributed by atoms with Gasteiger partial charge in [0.25, 0.3) is 0 Å². The fraction of sp³-hybridized carbons (Fsp3) is 0.562. The van der Waals surface area contributed by atoms with Crippen LogP contribution in [0.15, 0.2) is 30.3 Å². The van der Waals surface area contributed by atoms with Gasteiger partial charge in [0.2, 0.25) is 5.91 Å². The number of hydrogen-bond acceptors (Lipinski definition) is 1. The second-order valence-electron chi connectivity index (χ2n) is 5.93. The van der Waals surface area contributed by atoms with Gasteiger partial charge >= 0.3 is 0 Å². The van der Waals surface area contributed by atoms with Crippen LogP contribution in [-0.2, 0) is 4.79 Å². The van der Waals surface area contributed by atoms with Crippen molar-refractivity contribution in [2.24, 2.45) is 17.8 Å². The number of carbonyl (C=O) groups excluding carboxylic acids is 1. The van der Waals surface area contributed by atoms with E-state index in [0.717, 1.165) is 11.8 Å². The molecular weight excluding hydrogens is 222 g/mol. The first-order valence-electron chi connectivity index (χ1n) is 7.06. The molecule has 2 aliphatic carbocycles. The van der Waals surface area contributed by atoms with Crippen LogP contribution in [0.4, 0.5) is 0 Å². The summed E-state index contributed by atoms with van der Waals surface area (Å²) in [4.78, 5) is 11.5. The smallest absolute Gasteiger partial charge is 0.217 e. The quantitative estimate of drug-likeness (QED) is 0.867. The van der Waals surface area contributed by atoms with Gasteiger partial charge in [-0.2, -0.15) is 0 Å². The average Bonchev–Trinajstić information content (AvgIpc) is 2.99. The van der Waals surface area contributed by atoms with Crippen molar-refractivity contribution in [2.45, 2.75) is 38.6 Å². The van der Waals surface area contributed by atoms with Crippen LogP contribution in [0.2, 0.25) is 0 Å². The second kappa shape index (κ2) is 4.75. The molecule has 0 spiro atoms. The van der Waals surface area contributed by atoms with Crippen LogP contribution < -0.4 is 5.32 Å². The van der Waals surface area contributed by atoms with Crippen molar-refractivity contribution in [3.8, 4) is 0 Å². The van der Waals surface area contributed by atoms with Gasteiger partial charge in [0.1, 0.15) is 0 Å². The van der Waals surface area contributed by atoms with Gasteiger partial charge in [-0.3, -0.25) is 4.79 Å². The third-order valence-corrected chi connectivity index (χ3v) is 4.74. The summed E-state index contributed by atoms with van der Waals surface area (Å²) in [5.41, 5.74) is 1.27. The van der Waals surface area contributed by atoms with Gasteiger partial charge in [-0.25, -0.2) is 0 Å². The van der Waals surface area contributed by atoms with Crippen molar-refractivity contribution < 1.29 is 4.79 Å². The molecule has 2 bridgehead atoms. The highest BCUT2D eigenvalue weighted by molar-refractivity contribution is 5.73. The summed E-state index contributed by atoms with van der Waals surface area (Å²) in [5.74, 6) is 2.48. The maximum absolute atomic E-state index is 11.5. The lowest BCUT2D eigenvalue weighted by molar-refractivity contribution is -0.120. The molecule has 2 aliphatic rings. The van der Waals surface area contributed by atoms with Crippen molar-refractivity contribution in [2.75, 3.05) is 0 Å². The lowest BCUT2D eigenvalue weighted by atomic mass is 9.80. The Kier molecular flexibility index (Phi) is 3.11. The van der Waals surface area contributed by atoms with Crippen LogP contribution in [0.1, 0.15) is 44.2 Å². The van der Waals surface area contributed by atoms with E-state index < -0.39 is 0 Å². The number of carbonyl (C=O) groups is 1. The van der Waals surface area contributed by atoms with Crippen molar-refractivity contribution >= 4 is 5.91 Å². The molecule has 0 saturated heterocycles. The molecule has 2 fully saturated rings. The molecule has 0 radical (unpaired) electrons. The minimum Gasteiger partial charge on any atom is -0.349 e. The predicted octanol–water partition coefficient (Wildman–Crippen LogP) is 3.30. The zero-order valence-corrected chi connectivity index (χ0v) is 10.9. The summed E-state index contributed by atoms with van der Waals surface area (Å²) in [7, 11) is 0. The number of nitrogens with one attached hydrogen (secondary N) is 1. The highest BCUT2D eigenvalue weighted by Crippen LogP contribution is 2.52. The Hall–Kier alpha value is -1.31. The highest BCUT2D eigenvalue weighted by Gasteiger charge is 2.43. The monoisotopic (exact) mass is 243 g/mol. The first-order chi connectivity index (χ1) is 8.74. The van der Waals surface area contributed by atoms with E-state index in [9.17, 15) is 4.79 Å². The maximum Gasteiger partial charge on any atom is 0.217 e. The molecule has 0 aliphatic heterocycles. The molecule has 3 rings (SSSR count). The molecule has 1 aromatic carbocycles. The van der Waals surface area contributed by atoms with Gasteiger partial charge in [-0.1, -0.05) is 36.8 Å². The lowest BCUT2D eigenvalue weighted by Crippen LogP contribution is -2.34. The van der Waals surface area contributed by atoms with Crippen LogP contribution >= 0.6 is 0 Å². The molecule has 0 aromatic heterocycles. The molecule has 1 N–H and O–H groups in total. The van der Waals surface area contributed by atoms with Crippen LogP contribution in [0.5, 0.6) is 0 Å². The number of hydrogen-bond donors (Lipinski definition) is 1. The SMILES string of the molecule is CC(=O)NC(c1ccccc1)C1CC2CCC1C2. The van der Waals surface area contributed by atoms with Gasteiger partial charge in [-0.15, -0.1) is 0 Å². The van der Waals surface area contributed by atoms with Gasteiger partial charge in [0.05, 0.1) is 6.04 Å². The Morgan fingerprint density at radius 2 is 2.00 bits per heavy atom. The first-order valence-corrected chi connectivity index (χ1v) is 7.06. The molecule has 1 amide bonds. The lowest BCUT2D eigenvalue weighted by Gasteiger charge is -2.31. The van der Waals surface area contributed by atoms with E-state index in [-0.39, 0.29) is 11.9 Å². The normalized spacial score (nSPS) is 31.3. The van der Waals surface area contributed by atoms with Crippen molar-refractivity contribution in [1.82, 2.24) is 5.32 Å². The van der Waals surface area contributed by atoms with E-state index in [1.807, 2.05) is 6.07 Å². The van der Waals surface area contributed by atoms with Crippen molar-refractivity contribution in [1.29, 1.82) is 0 Å². The number of fused-ring (bicyclic) bond motifs is 2. The fourth-order valence-corrected chi connectivity index (χ4v) is 4.02. The molecule has 2 saturated carbocycles. The Bertz CT molecular complexity index is 428. The first kappa shape index (κ1) is 11.8. The maximum atomic E-state index is 11.5. The van der Waals surface area contributed by atoms with E-state index in [0.29, 0.717) is 5.92 Å². The molecule has 1 aromatic rings. The molecule has 2 heteroatoms. The van der Waals surface area contributed by atoms with Gasteiger partial charge in [0.15, 0.2) is 0 Å². The summed E-state index contributed by atoms with van der Waals surface area (Å²) in [6, 6.07) is 10.7. The van der Waals surface area contributed by atoms with Gasteiger partial charge in [0, 0.05) is 6.92 Å². The van der Waals surface area contributed by atoms with E-state index >= 15 is 0 Å². The molecule has 4 unspecified atom stereocenters. The largest absolute Gasteiger partial charge is 0.349 e. The molecule has 4 atom stereocenters. The Balaban J connectivity index is 1.84. The number of amides is 1. The molecule has 96 valence electrons. The zero-order valence-electron chi connectivity index (χ0n) is 10.9. The van der Waals surface area contributed by atoms with E-state index in [2.05, 4.69) is 29.6 Å². The number of rotatable bonds is 3. The van der Waals surface area contributed by atoms with E-state index in [1.54, 1.807) is 6.92 Å². The molecule has 0 heterocycles. The topological polar surface area (TPSA) is 29.1 Å². The van der Waals surface area contributed by atoms with Crippen LogP contribution in [0, 0.1) is 17.8 Å². The number of benzene rings is 1. The average molecular weight is 243 g/mol. The van der Waals surface area contributed by atoms with E-state index in [1.165, 1.54) is 31.2 Å². The predicted molar refractivity (Wildman–Crippen MR) is 71.9 cm³/mol. The minimum absolute atomic E-state index is 0.0895. The summed E-state index contributed by atoms with van der Waals surface area (Å²) in [6.07, 6.45) is 5.44. The summed E-state index contributed by atoms with van der Waals surface area (Å²) < 4.78 is 0. The molecule has 18 heavy (non-hydrogen) atoms. The summed E-state index contributed by atoms with van der Waals surface area (Å²) >= 11 is 0. The molecular formula is C16H21NO. The Morgan fingerprint density at radius 1 is 1.22 bits per heavy atom. The highest BCUT2D eigenvalue weighted by atomic mass is 16.1. The fourth-order valence-electron chi connectivity index (χ4n) is 4.02. The minimum atomic E-state index is 0.0895. The summed E-state index contributed by atoms with van der Waals surface area (Å²) in [6.45, 7) is 1.63. The van der Waals surface area contributed by atoms with E-state index in [4.69, 9.17) is 0 Å². The summed E-state index contributed by atoms with van der Waals surface area (Å²) in [5, 5.41) is 3.18.